The van der Waals surface area contributed by atoms with Gasteiger partial charge in [0, 0.05) is 12.3 Å². The Balaban J connectivity index is 2.18. The summed E-state index contributed by atoms with van der Waals surface area (Å²) < 4.78 is 44.1. The number of anilines is 1. The van der Waals surface area contributed by atoms with Crippen molar-refractivity contribution in [2.75, 3.05) is 16.6 Å². The summed E-state index contributed by atoms with van der Waals surface area (Å²) in [7, 11) is -4.95. The summed E-state index contributed by atoms with van der Waals surface area (Å²) in [6, 6.07) is 6.85. The molecule has 2 heterocycles. The Morgan fingerprint density at radius 1 is 1.29 bits per heavy atom. The van der Waals surface area contributed by atoms with E-state index in [4.69, 9.17) is 4.52 Å². The number of benzene rings is 1. The molecule has 6 nitrogen and oxygen atoms in total. The van der Waals surface area contributed by atoms with E-state index in [-0.39, 0.29) is 23.0 Å². The first-order chi connectivity index (χ1) is 9.93. The van der Waals surface area contributed by atoms with Crippen LogP contribution in [0.2, 0.25) is 0 Å². The third kappa shape index (κ3) is 2.18. The van der Waals surface area contributed by atoms with E-state index in [0.717, 1.165) is 0 Å². The van der Waals surface area contributed by atoms with Crippen LogP contribution in [0.15, 0.2) is 38.6 Å². The molecular formula is C13H14N2O4S2. The van der Waals surface area contributed by atoms with Crippen molar-refractivity contribution >= 4 is 26.5 Å². The van der Waals surface area contributed by atoms with Crippen LogP contribution in [-0.4, -0.2) is 30.1 Å². The summed E-state index contributed by atoms with van der Waals surface area (Å²) in [4.78, 5) is 0.629. The van der Waals surface area contributed by atoms with E-state index < -0.39 is 20.8 Å². The molecular weight excluding hydrogens is 312 g/mol. The lowest BCUT2D eigenvalue weighted by Gasteiger charge is -2.29. The van der Waals surface area contributed by atoms with Crippen LogP contribution in [-0.2, 0) is 20.8 Å². The number of fused-ring (bicyclic) bond motifs is 1. The molecule has 1 aromatic carbocycles. The lowest BCUT2D eigenvalue weighted by atomic mass is 10.3. The predicted molar refractivity (Wildman–Crippen MR) is 78.2 cm³/mol. The molecule has 2 aromatic rings. The minimum Gasteiger partial charge on any atom is -0.360 e. The van der Waals surface area contributed by atoms with Crippen LogP contribution in [0.1, 0.15) is 11.5 Å². The second kappa shape index (κ2) is 4.96. The van der Waals surface area contributed by atoms with Gasteiger partial charge in [-0.2, -0.15) is 0 Å². The fraction of sp³-hybridized carbons (Fsp3) is 0.308. The van der Waals surface area contributed by atoms with Crippen molar-refractivity contribution in [3.63, 3.8) is 0 Å². The molecule has 1 aromatic heterocycles. The number of aromatic nitrogens is 1. The Labute approximate surface area is 125 Å². The average molecular weight is 326 g/mol. The monoisotopic (exact) mass is 326 g/mol. The van der Waals surface area contributed by atoms with E-state index in [1.165, 1.54) is 4.31 Å². The van der Waals surface area contributed by atoms with Gasteiger partial charge in [-0.05, 0) is 26.0 Å². The minimum absolute atomic E-state index is 0.0879. The molecule has 21 heavy (non-hydrogen) atoms. The van der Waals surface area contributed by atoms with Crippen LogP contribution in [0.4, 0.5) is 5.69 Å². The topological polar surface area (TPSA) is 80.5 Å². The van der Waals surface area contributed by atoms with E-state index in [9.17, 15) is 12.6 Å². The molecule has 0 bridgehead atoms. The van der Waals surface area contributed by atoms with Gasteiger partial charge in [0.2, 0.25) is 0 Å². The van der Waals surface area contributed by atoms with Crippen molar-refractivity contribution in [2.24, 2.45) is 0 Å². The lowest BCUT2D eigenvalue weighted by Crippen LogP contribution is -2.38. The third-order valence-corrected chi connectivity index (χ3v) is 6.82. The molecule has 0 saturated carbocycles. The van der Waals surface area contributed by atoms with Crippen LogP contribution < -0.4 is 4.31 Å². The SMILES string of the molecule is Cc1noc(C)c1S(=O)(=O)N1CCS(=O)c2ccccc21. The van der Waals surface area contributed by atoms with E-state index in [2.05, 4.69) is 5.16 Å². The first-order valence-corrected chi connectivity index (χ1v) is 9.12. The van der Waals surface area contributed by atoms with Gasteiger partial charge in [-0.1, -0.05) is 17.3 Å². The van der Waals surface area contributed by atoms with Gasteiger partial charge in [0.1, 0.15) is 5.69 Å². The van der Waals surface area contributed by atoms with Gasteiger partial charge in [0.15, 0.2) is 10.7 Å². The molecule has 1 unspecified atom stereocenters. The molecule has 1 aliphatic heterocycles. The molecule has 8 heteroatoms. The standard InChI is InChI=1S/C13H14N2O4S2/c1-9-13(10(2)19-14-9)21(17,18)15-7-8-20(16)12-6-4-3-5-11(12)15/h3-6H,7-8H2,1-2H3. The number of sulfonamides is 1. The smallest absolute Gasteiger partial charge is 0.269 e. The quantitative estimate of drug-likeness (QED) is 0.837. The first kappa shape index (κ1) is 14.3. The molecule has 0 spiro atoms. The van der Waals surface area contributed by atoms with Crippen LogP contribution in [0.25, 0.3) is 0 Å². The summed E-state index contributed by atoms with van der Waals surface area (Å²) in [5, 5.41) is 3.71. The van der Waals surface area contributed by atoms with Gasteiger partial charge in [0.05, 0.1) is 21.4 Å². The number of aryl methyl sites for hydroxylation is 2. The molecule has 0 radical (unpaired) electrons. The Morgan fingerprint density at radius 3 is 2.67 bits per heavy atom. The fourth-order valence-corrected chi connectivity index (χ4v) is 5.62. The van der Waals surface area contributed by atoms with E-state index >= 15 is 0 Å². The molecule has 1 aliphatic rings. The number of hydrogen-bond acceptors (Lipinski definition) is 5. The zero-order valence-corrected chi connectivity index (χ0v) is 13.2. The maximum absolute atomic E-state index is 12.9. The Morgan fingerprint density at radius 2 is 2.00 bits per heavy atom. The van der Waals surface area contributed by atoms with Crippen LogP contribution in [0, 0.1) is 13.8 Å². The predicted octanol–water partition coefficient (Wildman–Crippen LogP) is 1.61. The highest BCUT2D eigenvalue weighted by Gasteiger charge is 2.35. The first-order valence-electron chi connectivity index (χ1n) is 6.36. The summed E-state index contributed by atoms with van der Waals surface area (Å²) >= 11 is 0. The number of rotatable bonds is 2. The second-order valence-electron chi connectivity index (χ2n) is 4.75. The highest BCUT2D eigenvalue weighted by molar-refractivity contribution is 7.93. The van der Waals surface area contributed by atoms with Crippen LogP contribution in [0.3, 0.4) is 0 Å². The molecule has 3 rings (SSSR count). The van der Waals surface area contributed by atoms with Gasteiger partial charge in [-0.15, -0.1) is 0 Å². The van der Waals surface area contributed by atoms with Crippen molar-refractivity contribution in [3.8, 4) is 0 Å². The molecule has 112 valence electrons. The normalized spacial score (nSPS) is 18.6. The zero-order chi connectivity index (χ0) is 15.2. The molecule has 0 aliphatic carbocycles. The highest BCUT2D eigenvalue weighted by Crippen LogP contribution is 2.34. The van der Waals surface area contributed by atoms with Gasteiger partial charge < -0.3 is 4.52 Å². The molecule has 0 fully saturated rings. The van der Waals surface area contributed by atoms with E-state index in [1.807, 2.05) is 0 Å². The van der Waals surface area contributed by atoms with Gasteiger partial charge in [-0.3, -0.25) is 8.51 Å². The van der Waals surface area contributed by atoms with Gasteiger partial charge in [-0.25, -0.2) is 8.42 Å². The Kier molecular flexibility index (Phi) is 3.37. The molecule has 0 N–H and O–H groups in total. The second-order valence-corrected chi connectivity index (χ2v) is 8.09. The van der Waals surface area contributed by atoms with E-state index in [1.54, 1.807) is 38.1 Å². The highest BCUT2D eigenvalue weighted by atomic mass is 32.2. The van der Waals surface area contributed by atoms with E-state index in [0.29, 0.717) is 16.3 Å². The van der Waals surface area contributed by atoms with Crippen molar-refractivity contribution < 1.29 is 17.1 Å². The summed E-state index contributed by atoms with van der Waals surface area (Å²) in [6.45, 7) is 3.34. The number of hydrogen-bond donors (Lipinski definition) is 0. The Bertz CT molecular complexity index is 807. The molecule has 0 amide bonds. The van der Waals surface area contributed by atoms with Crippen molar-refractivity contribution in [1.82, 2.24) is 5.16 Å². The lowest BCUT2D eigenvalue weighted by molar-refractivity contribution is 0.390. The zero-order valence-electron chi connectivity index (χ0n) is 11.6. The van der Waals surface area contributed by atoms with Crippen molar-refractivity contribution in [1.29, 1.82) is 0 Å². The third-order valence-electron chi connectivity index (χ3n) is 3.37. The Hall–Kier alpha value is -1.67. The van der Waals surface area contributed by atoms with Crippen LogP contribution >= 0.6 is 0 Å². The van der Waals surface area contributed by atoms with Crippen LogP contribution in [0.5, 0.6) is 0 Å². The summed E-state index contributed by atoms with van der Waals surface area (Å²) in [5.41, 5.74) is 0.791. The van der Waals surface area contributed by atoms with Gasteiger partial charge >= 0.3 is 0 Å². The maximum atomic E-state index is 12.9. The van der Waals surface area contributed by atoms with Gasteiger partial charge in [0.25, 0.3) is 10.0 Å². The fourth-order valence-electron chi connectivity index (χ4n) is 2.45. The average Bonchev–Trinajstić information content (AvgIpc) is 2.79. The largest absolute Gasteiger partial charge is 0.360 e. The summed E-state index contributed by atoms with van der Waals surface area (Å²) in [5.74, 6) is 0.538. The van der Waals surface area contributed by atoms with Crippen molar-refractivity contribution in [2.45, 2.75) is 23.6 Å². The number of para-hydroxylation sites is 1. The minimum atomic E-state index is -3.77. The van der Waals surface area contributed by atoms with Crippen molar-refractivity contribution in [3.05, 3.63) is 35.7 Å². The summed E-state index contributed by atoms with van der Waals surface area (Å²) in [6.07, 6.45) is 0. The molecule has 0 saturated heterocycles. The molecule has 1 atom stereocenters. The maximum Gasteiger partial charge on any atom is 0.269 e. The number of nitrogens with zero attached hydrogens (tertiary/aromatic N) is 2.